The predicted molar refractivity (Wildman–Crippen MR) is 93.9 cm³/mol. The Morgan fingerprint density at radius 1 is 1.04 bits per heavy atom. The van der Waals surface area contributed by atoms with E-state index in [0.717, 1.165) is 12.1 Å². The van der Waals surface area contributed by atoms with Crippen LogP contribution in [0.1, 0.15) is 18.9 Å². The molecule has 8 heteroatoms. The van der Waals surface area contributed by atoms with Gasteiger partial charge < -0.3 is 5.32 Å². The van der Waals surface area contributed by atoms with Crippen LogP contribution in [0.3, 0.4) is 0 Å². The molecule has 0 bridgehead atoms. The number of carbonyl (C=O) groups excluding carboxylic acids is 1. The molecule has 0 fully saturated rings. The van der Waals surface area contributed by atoms with Crippen molar-refractivity contribution in [2.24, 2.45) is 0 Å². The average molecular weight is 382 g/mol. The molecule has 0 aromatic heterocycles. The minimum absolute atomic E-state index is 0.0000107. The van der Waals surface area contributed by atoms with E-state index >= 15 is 0 Å². The maximum Gasteiger partial charge on any atom is 0.240 e. The van der Waals surface area contributed by atoms with E-state index in [1.54, 1.807) is 25.1 Å². The zero-order valence-corrected chi connectivity index (χ0v) is 15.0. The van der Waals surface area contributed by atoms with E-state index in [2.05, 4.69) is 10.0 Å². The molecule has 0 saturated heterocycles. The minimum Gasteiger partial charge on any atom is -0.353 e. The van der Waals surface area contributed by atoms with Gasteiger partial charge in [-0.2, -0.15) is 0 Å². The van der Waals surface area contributed by atoms with Crippen LogP contribution in [0.5, 0.6) is 0 Å². The highest BCUT2D eigenvalue weighted by Crippen LogP contribution is 2.14. The maximum atomic E-state index is 13.6. The molecule has 0 aliphatic heterocycles. The maximum absolute atomic E-state index is 13.6. The first-order valence-corrected chi connectivity index (χ1v) is 9.55. The number of halogens is 2. The summed E-state index contributed by atoms with van der Waals surface area (Å²) in [7, 11) is -3.67. The van der Waals surface area contributed by atoms with Gasteiger partial charge in [-0.25, -0.2) is 21.9 Å². The van der Waals surface area contributed by atoms with Gasteiger partial charge in [0.15, 0.2) is 0 Å². The first-order valence-electron chi connectivity index (χ1n) is 8.06. The Morgan fingerprint density at radius 3 is 2.27 bits per heavy atom. The van der Waals surface area contributed by atoms with Crippen molar-refractivity contribution in [3.05, 3.63) is 65.7 Å². The Morgan fingerprint density at radius 2 is 1.65 bits per heavy atom. The Bertz CT molecular complexity index is 838. The summed E-state index contributed by atoms with van der Waals surface area (Å²) in [5.41, 5.74) is -0.0925. The summed E-state index contributed by atoms with van der Waals surface area (Å²) in [5, 5.41) is 2.60. The van der Waals surface area contributed by atoms with Crippen molar-refractivity contribution in [3.63, 3.8) is 0 Å². The molecule has 26 heavy (non-hydrogen) atoms. The van der Waals surface area contributed by atoms with Crippen molar-refractivity contribution in [3.8, 4) is 0 Å². The van der Waals surface area contributed by atoms with Crippen molar-refractivity contribution in [1.29, 1.82) is 0 Å². The summed E-state index contributed by atoms with van der Waals surface area (Å²) in [4.78, 5) is 12.0. The van der Waals surface area contributed by atoms with Crippen molar-refractivity contribution >= 4 is 15.9 Å². The molecule has 2 N–H and O–H groups in total. The van der Waals surface area contributed by atoms with Crippen LogP contribution < -0.4 is 10.0 Å². The summed E-state index contributed by atoms with van der Waals surface area (Å²) in [6, 6.07) is 10.9. The summed E-state index contributed by atoms with van der Waals surface area (Å²) < 4.78 is 53.6. The second-order valence-corrected chi connectivity index (χ2v) is 7.60. The van der Waals surface area contributed by atoms with E-state index in [4.69, 9.17) is 0 Å². The lowest BCUT2D eigenvalue weighted by Crippen LogP contribution is -2.37. The molecule has 0 aliphatic carbocycles. The molecule has 0 aliphatic rings. The lowest BCUT2D eigenvalue weighted by Gasteiger charge is -2.15. The summed E-state index contributed by atoms with van der Waals surface area (Å²) in [5.74, 6) is -1.74. The smallest absolute Gasteiger partial charge is 0.240 e. The molecule has 2 rings (SSSR count). The number of amides is 1. The van der Waals surface area contributed by atoms with Gasteiger partial charge in [-0.05, 0) is 37.6 Å². The van der Waals surface area contributed by atoms with E-state index in [1.165, 1.54) is 18.2 Å². The van der Waals surface area contributed by atoms with Gasteiger partial charge in [-0.3, -0.25) is 4.79 Å². The zero-order valence-electron chi connectivity index (χ0n) is 14.2. The van der Waals surface area contributed by atoms with Crippen molar-refractivity contribution < 1.29 is 22.0 Å². The van der Waals surface area contributed by atoms with Crippen LogP contribution in [0.25, 0.3) is 0 Å². The quantitative estimate of drug-likeness (QED) is 0.736. The Labute approximate surface area is 151 Å². The van der Waals surface area contributed by atoms with Crippen molar-refractivity contribution in [2.75, 3.05) is 6.54 Å². The molecular formula is C18H20F2N2O3S. The summed E-state index contributed by atoms with van der Waals surface area (Å²) in [6.07, 6.45) is -0.0872. The lowest BCUT2D eigenvalue weighted by molar-refractivity contribution is -0.121. The lowest BCUT2D eigenvalue weighted by atomic mass is 10.1. The van der Waals surface area contributed by atoms with Gasteiger partial charge in [-0.1, -0.05) is 24.3 Å². The van der Waals surface area contributed by atoms with E-state index in [1.807, 2.05) is 0 Å². The van der Waals surface area contributed by atoms with Crippen LogP contribution in [0.4, 0.5) is 8.78 Å². The Hall–Kier alpha value is -2.32. The zero-order chi connectivity index (χ0) is 19.2. The number of benzene rings is 2. The second-order valence-electron chi connectivity index (χ2n) is 5.83. The highest BCUT2D eigenvalue weighted by molar-refractivity contribution is 7.89. The number of rotatable bonds is 8. The number of hydrogen-bond donors (Lipinski definition) is 2. The number of nitrogens with one attached hydrogen (secondary N) is 2. The molecule has 0 spiro atoms. The number of sulfonamides is 1. The number of hydrogen-bond acceptors (Lipinski definition) is 3. The summed E-state index contributed by atoms with van der Waals surface area (Å²) in [6.45, 7) is 1.54. The predicted octanol–water partition coefficient (Wildman–Crippen LogP) is 2.38. The molecule has 1 amide bonds. The van der Waals surface area contributed by atoms with Gasteiger partial charge in [-0.15, -0.1) is 0 Å². The fraction of sp³-hybridized carbons (Fsp3) is 0.278. The van der Waals surface area contributed by atoms with E-state index in [0.29, 0.717) is 0 Å². The van der Waals surface area contributed by atoms with Gasteiger partial charge in [0.05, 0.1) is 4.90 Å². The minimum atomic E-state index is -3.67. The standard InChI is InChI=1S/C18H20F2N2O3S/c1-13(12-15-16(19)8-5-9-17(15)20)22-18(23)10-11-21-26(24,25)14-6-3-2-4-7-14/h2-9,13,21H,10-12H2,1H3,(H,22,23). The molecular weight excluding hydrogens is 362 g/mol. The molecule has 0 saturated carbocycles. The van der Waals surface area contributed by atoms with Crippen LogP contribution in [-0.4, -0.2) is 26.9 Å². The number of carbonyl (C=O) groups is 1. The second kappa shape index (κ2) is 8.86. The fourth-order valence-electron chi connectivity index (χ4n) is 2.41. The van der Waals surface area contributed by atoms with Crippen LogP contribution in [0.15, 0.2) is 53.4 Å². The van der Waals surface area contributed by atoms with E-state index in [9.17, 15) is 22.0 Å². The average Bonchev–Trinajstić information content (AvgIpc) is 2.59. The Balaban J connectivity index is 1.82. The molecule has 0 radical (unpaired) electrons. The largest absolute Gasteiger partial charge is 0.353 e. The third-order valence-electron chi connectivity index (χ3n) is 3.68. The van der Waals surface area contributed by atoms with E-state index in [-0.39, 0.29) is 29.8 Å². The van der Waals surface area contributed by atoms with Gasteiger partial charge in [0.2, 0.25) is 15.9 Å². The molecule has 2 aromatic carbocycles. The normalized spacial score (nSPS) is 12.6. The fourth-order valence-corrected chi connectivity index (χ4v) is 3.47. The molecule has 0 heterocycles. The first-order chi connectivity index (χ1) is 12.3. The topological polar surface area (TPSA) is 75.3 Å². The monoisotopic (exact) mass is 382 g/mol. The molecule has 5 nitrogen and oxygen atoms in total. The van der Waals surface area contributed by atoms with Crippen LogP contribution >= 0.6 is 0 Å². The van der Waals surface area contributed by atoms with Gasteiger partial charge in [0, 0.05) is 24.6 Å². The first kappa shape index (κ1) is 20.0. The third kappa shape index (κ3) is 5.60. The van der Waals surface area contributed by atoms with Crippen LogP contribution in [-0.2, 0) is 21.2 Å². The van der Waals surface area contributed by atoms with Gasteiger partial charge in [0.25, 0.3) is 0 Å². The van der Waals surface area contributed by atoms with Crippen LogP contribution in [0.2, 0.25) is 0 Å². The van der Waals surface area contributed by atoms with Crippen LogP contribution in [0, 0.1) is 11.6 Å². The Kier molecular flexibility index (Phi) is 6.82. The molecule has 1 unspecified atom stereocenters. The SMILES string of the molecule is CC(Cc1c(F)cccc1F)NC(=O)CCNS(=O)(=O)c1ccccc1. The molecule has 1 atom stereocenters. The third-order valence-corrected chi connectivity index (χ3v) is 5.15. The highest BCUT2D eigenvalue weighted by Gasteiger charge is 2.16. The van der Waals surface area contributed by atoms with Crippen molar-refractivity contribution in [2.45, 2.75) is 30.7 Å². The van der Waals surface area contributed by atoms with Gasteiger partial charge in [0.1, 0.15) is 11.6 Å². The summed E-state index contributed by atoms with van der Waals surface area (Å²) >= 11 is 0. The molecule has 2 aromatic rings. The molecule has 140 valence electrons. The highest BCUT2D eigenvalue weighted by atomic mass is 32.2. The van der Waals surface area contributed by atoms with Crippen molar-refractivity contribution in [1.82, 2.24) is 10.0 Å². The van der Waals surface area contributed by atoms with Gasteiger partial charge >= 0.3 is 0 Å². The van der Waals surface area contributed by atoms with E-state index < -0.39 is 33.6 Å².